The van der Waals surface area contributed by atoms with Gasteiger partial charge in [0.25, 0.3) is 0 Å². The lowest BCUT2D eigenvalue weighted by Gasteiger charge is -2.24. The maximum Gasteiger partial charge on any atom is 0.326 e. The third-order valence-corrected chi connectivity index (χ3v) is 6.56. The van der Waals surface area contributed by atoms with E-state index < -0.39 is 60.3 Å². The number of unbranched alkanes of at least 4 members (excludes halogenated alkanes) is 2. The molecule has 0 bridgehead atoms. The number of nitrogens with one attached hydrogen (secondary N) is 4. The number of rotatable bonds is 20. The highest BCUT2D eigenvalue weighted by Gasteiger charge is 2.29. The third kappa shape index (κ3) is 13.7. The molecule has 0 aliphatic rings. The van der Waals surface area contributed by atoms with Gasteiger partial charge >= 0.3 is 5.97 Å². The molecule has 0 aliphatic carbocycles. The number of hydrogen-bond donors (Lipinski definition) is 9. The van der Waals surface area contributed by atoms with E-state index >= 15 is 0 Å². The van der Waals surface area contributed by atoms with Gasteiger partial charge in [0, 0.05) is 0 Å². The van der Waals surface area contributed by atoms with Crippen molar-refractivity contribution >= 4 is 29.6 Å². The number of carboxylic acid groups (broad SMARTS) is 1. The molecular formula is C28H47N7O7. The van der Waals surface area contributed by atoms with Crippen LogP contribution in [0.4, 0.5) is 0 Å². The molecule has 14 nitrogen and oxygen atoms in total. The van der Waals surface area contributed by atoms with Crippen molar-refractivity contribution < 1.29 is 34.2 Å². The Morgan fingerprint density at radius 2 is 1.36 bits per heavy atom. The molecule has 1 aromatic rings. The zero-order chi connectivity index (χ0) is 31.7. The smallest absolute Gasteiger partial charge is 0.326 e. The summed E-state index contributed by atoms with van der Waals surface area (Å²) in [5, 5.41) is 29.0. The van der Waals surface area contributed by atoms with E-state index in [9.17, 15) is 34.2 Å². The van der Waals surface area contributed by atoms with Gasteiger partial charge in [0.05, 0.1) is 12.6 Å². The number of nitrogens with two attached hydrogens (primary N) is 3. The molecule has 0 aliphatic heterocycles. The fraction of sp³-hybridized carbons (Fsp3) is 0.607. The molecule has 14 heteroatoms. The summed E-state index contributed by atoms with van der Waals surface area (Å²) in [7, 11) is 0. The molecule has 0 spiro atoms. The number of phenolic OH excluding ortho intramolecular Hbond substituents is 1. The normalized spacial score (nSPS) is 13.9. The molecule has 4 amide bonds. The topological polar surface area (TPSA) is 252 Å². The summed E-state index contributed by atoms with van der Waals surface area (Å²) in [6.07, 6.45) is 2.83. The van der Waals surface area contributed by atoms with Gasteiger partial charge < -0.3 is 48.7 Å². The van der Waals surface area contributed by atoms with Crippen LogP contribution in [0.5, 0.6) is 5.75 Å². The molecule has 236 valence electrons. The average Bonchev–Trinajstić information content (AvgIpc) is 2.94. The van der Waals surface area contributed by atoms with Crippen LogP contribution in [-0.4, -0.2) is 83.6 Å². The molecule has 0 fully saturated rings. The predicted octanol–water partition coefficient (Wildman–Crippen LogP) is -1.17. The summed E-state index contributed by atoms with van der Waals surface area (Å²) < 4.78 is 0. The standard InChI is InChI=1S/C28H47N7O7/c1-17(2)24(35-25(38)20(31)15-18-9-11-19(36)12-10-18)27(40)32-16-23(37)33-21(7-3-5-13-29)26(39)34-22(28(41)42)8-4-6-14-30/h9-12,17,20-22,24,36H,3-8,13-16,29-31H2,1-2H3,(H,32,40)(H,33,37)(H,34,39)(H,35,38)(H,41,42)/t20-,21-,22-,24-/m0/s1. The molecule has 12 N–H and O–H groups in total. The SMILES string of the molecule is CC(C)[C@H](NC(=O)[C@@H](N)Cc1ccc(O)cc1)C(=O)NCC(=O)N[C@@H](CCCCN)C(=O)N[C@@H](CCCCN)C(=O)O. The number of aromatic hydroxyl groups is 1. The van der Waals surface area contributed by atoms with Crippen molar-refractivity contribution in [2.24, 2.45) is 23.1 Å². The van der Waals surface area contributed by atoms with Crippen molar-refractivity contribution in [3.05, 3.63) is 29.8 Å². The Kier molecular flexibility index (Phi) is 16.7. The minimum Gasteiger partial charge on any atom is -0.508 e. The Bertz CT molecular complexity index is 1020. The van der Waals surface area contributed by atoms with E-state index in [1.54, 1.807) is 26.0 Å². The van der Waals surface area contributed by atoms with Crippen molar-refractivity contribution in [2.75, 3.05) is 19.6 Å². The summed E-state index contributed by atoms with van der Waals surface area (Å²) in [4.78, 5) is 62.8. The summed E-state index contributed by atoms with van der Waals surface area (Å²) in [6.45, 7) is 3.76. The van der Waals surface area contributed by atoms with E-state index in [2.05, 4.69) is 21.3 Å². The van der Waals surface area contributed by atoms with Crippen LogP contribution in [0.15, 0.2) is 24.3 Å². The molecule has 0 saturated carbocycles. The Balaban J connectivity index is 2.75. The van der Waals surface area contributed by atoms with Crippen molar-refractivity contribution in [2.45, 2.75) is 83.0 Å². The minimum atomic E-state index is -1.19. The van der Waals surface area contributed by atoms with E-state index in [0.717, 1.165) is 5.56 Å². The van der Waals surface area contributed by atoms with Crippen molar-refractivity contribution in [3.63, 3.8) is 0 Å². The second-order valence-corrected chi connectivity index (χ2v) is 10.5. The van der Waals surface area contributed by atoms with Gasteiger partial charge in [-0.05, 0) is 81.6 Å². The zero-order valence-corrected chi connectivity index (χ0v) is 24.4. The van der Waals surface area contributed by atoms with Crippen LogP contribution in [0, 0.1) is 5.92 Å². The van der Waals surface area contributed by atoms with Gasteiger partial charge in [0.15, 0.2) is 0 Å². The first-order valence-electron chi connectivity index (χ1n) is 14.2. The number of phenols is 1. The second-order valence-electron chi connectivity index (χ2n) is 10.5. The van der Waals surface area contributed by atoms with E-state index in [0.29, 0.717) is 38.8 Å². The Hall–Kier alpha value is -3.75. The van der Waals surface area contributed by atoms with Gasteiger partial charge in [-0.1, -0.05) is 26.0 Å². The predicted molar refractivity (Wildman–Crippen MR) is 157 cm³/mol. The molecule has 1 rings (SSSR count). The molecule has 4 atom stereocenters. The lowest BCUT2D eigenvalue weighted by Crippen LogP contribution is -2.56. The molecule has 0 saturated heterocycles. The molecule has 0 radical (unpaired) electrons. The number of amides is 4. The fourth-order valence-corrected chi connectivity index (χ4v) is 4.08. The highest BCUT2D eigenvalue weighted by atomic mass is 16.4. The molecule has 0 unspecified atom stereocenters. The number of aliphatic carboxylic acids is 1. The number of benzene rings is 1. The fourth-order valence-electron chi connectivity index (χ4n) is 4.08. The molecular weight excluding hydrogens is 546 g/mol. The first-order valence-corrected chi connectivity index (χ1v) is 14.2. The lowest BCUT2D eigenvalue weighted by atomic mass is 10.0. The van der Waals surface area contributed by atoms with Gasteiger partial charge in [-0.25, -0.2) is 4.79 Å². The second kappa shape index (κ2) is 19.4. The largest absolute Gasteiger partial charge is 0.508 e. The van der Waals surface area contributed by atoms with E-state index in [1.807, 2.05) is 0 Å². The Labute approximate surface area is 246 Å². The van der Waals surface area contributed by atoms with Crippen LogP contribution in [0.1, 0.15) is 57.9 Å². The van der Waals surface area contributed by atoms with Gasteiger partial charge in [-0.2, -0.15) is 0 Å². The first-order chi connectivity index (χ1) is 19.9. The summed E-state index contributed by atoms with van der Waals surface area (Å²) in [5.41, 5.74) is 17.8. The monoisotopic (exact) mass is 593 g/mol. The van der Waals surface area contributed by atoms with Gasteiger partial charge in [0.2, 0.25) is 23.6 Å². The van der Waals surface area contributed by atoms with E-state index in [-0.39, 0.29) is 30.9 Å². The Morgan fingerprint density at radius 1 is 0.786 bits per heavy atom. The number of carbonyl (C=O) groups is 5. The van der Waals surface area contributed by atoms with E-state index in [1.165, 1.54) is 12.1 Å². The summed E-state index contributed by atoms with van der Waals surface area (Å²) >= 11 is 0. The lowest BCUT2D eigenvalue weighted by molar-refractivity contribution is -0.142. The molecule has 1 aromatic carbocycles. The number of carbonyl (C=O) groups excluding carboxylic acids is 4. The summed E-state index contributed by atoms with van der Waals surface area (Å²) in [5.74, 6) is -3.92. The highest BCUT2D eigenvalue weighted by Crippen LogP contribution is 2.11. The van der Waals surface area contributed by atoms with Gasteiger partial charge in [-0.3, -0.25) is 19.2 Å². The van der Waals surface area contributed by atoms with Crippen molar-refractivity contribution in [3.8, 4) is 5.75 Å². The zero-order valence-electron chi connectivity index (χ0n) is 24.4. The van der Waals surface area contributed by atoms with Crippen LogP contribution < -0.4 is 38.5 Å². The highest BCUT2D eigenvalue weighted by molar-refractivity contribution is 5.94. The average molecular weight is 594 g/mol. The van der Waals surface area contributed by atoms with Crippen LogP contribution in [-0.2, 0) is 30.4 Å². The third-order valence-electron chi connectivity index (χ3n) is 6.56. The minimum absolute atomic E-state index is 0.0858. The van der Waals surface area contributed by atoms with Crippen LogP contribution in [0.2, 0.25) is 0 Å². The number of carboxylic acids is 1. The van der Waals surface area contributed by atoms with Gasteiger partial charge in [0.1, 0.15) is 23.9 Å². The maximum absolute atomic E-state index is 12.9. The van der Waals surface area contributed by atoms with Crippen molar-refractivity contribution in [1.29, 1.82) is 0 Å². The quantitative estimate of drug-likeness (QED) is 0.0819. The van der Waals surface area contributed by atoms with Gasteiger partial charge in [-0.15, -0.1) is 0 Å². The molecule has 0 heterocycles. The number of hydrogen-bond acceptors (Lipinski definition) is 9. The molecule has 42 heavy (non-hydrogen) atoms. The van der Waals surface area contributed by atoms with E-state index in [4.69, 9.17) is 17.2 Å². The van der Waals surface area contributed by atoms with Crippen LogP contribution >= 0.6 is 0 Å². The first kappa shape index (κ1) is 36.3. The molecule has 0 aromatic heterocycles. The Morgan fingerprint density at radius 3 is 1.88 bits per heavy atom. The maximum atomic E-state index is 12.9. The van der Waals surface area contributed by atoms with Crippen molar-refractivity contribution in [1.82, 2.24) is 21.3 Å². The van der Waals surface area contributed by atoms with Crippen LogP contribution in [0.3, 0.4) is 0 Å². The van der Waals surface area contributed by atoms with Crippen LogP contribution in [0.25, 0.3) is 0 Å². The summed E-state index contributed by atoms with van der Waals surface area (Å²) in [6, 6.07) is 2.14.